The molecule has 1 heterocycles. The van der Waals surface area contributed by atoms with Gasteiger partial charge in [0.1, 0.15) is 0 Å². The first-order chi connectivity index (χ1) is 14.7. The van der Waals surface area contributed by atoms with Gasteiger partial charge >= 0.3 is 0 Å². The Labute approximate surface area is 177 Å². The van der Waals surface area contributed by atoms with E-state index in [1.54, 1.807) is 12.1 Å². The fourth-order valence-electron chi connectivity index (χ4n) is 3.59. The van der Waals surface area contributed by atoms with Crippen LogP contribution in [0.4, 0.5) is 0 Å². The largest absolute Gasteiger partial charge is 0.493 e. The molecule has 0 bridgehead atoms. The van der Waals surface area contributed by atoms with Gasteiger partial charge in [-0.2, -0.15) is 0 Å². The normalized spacial score (nSPS) is 16.7. The summed E-state index contributed by atoms with van der Waals surface area (Å²) in [5, 5.41) is 2.97. The number of rotatable bonds is 9. The van der Waals surface area contributed by atoms with Gasteiger partial charge in [0.2, 0.25) is 5.75 Å². The predicted octanol–water partition coefficient (Wildman–Crippen LogP) is 2.91. The van der Waals surface area contributed by atoms with Gasteiger partial charge in [-0.1, -0.05) is 30.3 Å². The average Bonchev–Trinajstić information content (AvgIpc) is 2.81. The van der Waals surface area contributed by atoms with Gasteiger partial charge in [0.25, 0.3) is 5.91 Å². The third-order valence-corrected chi connectivity index (χ3v) is 5.19. The molecule has 0 radical (unpaired) electrons. The van der Waals surface area contributed by atoms with Crippen molar-refractivity contribution in [1.29, 1.82) is 0 Å². The van der Waals surface area contributed by atoms with Gasteiger partial charge in [0, 0.05) is 31.7 Å². The smallest absolute Gasteiger partial charge is 0.251 e. The zero-order chi connectivity index (χ0) is 21.3. The number of hydrogen-bond acceptors (Lipinski definition) is 6. The molecule has 3 rings (SSSR count). The van der Waals surface area contributed by atoms with Crippen molar-refractivity contribution in [3.8, 4) is 17.2 Å². The molecular weight excluding hydrogens is 384 g/mol. The molecule has 1 fully saturated rings. The van der Waals surface area contributed by atoms with Crippen molar-refractivity contribution in [2.24, 2.45) is 0 Å². The molecule has 0 aliphatic carbocycles. The number of benzene rings is 2. The van der Waals surface area contributed by atoms with Crippen LogP contribution in [0.5, 0.6) is 17.2 Å². The zero-order valence-electron chi connectivity index (χ0n) is 17.8. The fourth-order valence-corrected chi connectivity index (χ4v) is 3.59. The molecule has 1 atom stereocenters. The van der Waals surface area contributed by atoms with Crippen LogP contribution in [0.25, 0.3) is 0 Å². The van der Waals surface area contributed by atoms with Gasteiger partial charge in [0.05, 0.1) is 34.0 Å². The van der Waals surface area contributed by atoms with Crippen LogP contribution >= 0.6 is 0 Å². The number of amides is 1. The van der Waals surface area contributed by atoms with Crippen LogP contribution in [0.1, 0.15) is 28.4 Å². The molecule has 0 aromatic heterocycles. The molecule has 1 N–H and O–H groups in total. The number of carbonyl (C=O) groups excluding carboxylic acids is 1. The van der Waals surface area contributed by atoms with Gasteiger partial charge in [0.15, 0.2) is 11.5 Å². The highest BCUT2D eigenvalue weighted by atomic mass is 16.5. The third-order valence-electron chi connectivity index (χ3n) is 5.19. The number of ether oxygens (including phenoxy) is 4. The van der Waals surface area contributed by atoms with E-state index in [-0.39, 0.29) is 12.0 Å². The van der Waals surface area contributed by atoms with Gasteiger partial charge in [-0.15, -0.1) is 0 Å². The van der Waals surface area contributed by atoms with Crippen LogP contribution < -0.4 is 19.5 Å². The lowest BCUT2D eigenvalue weighted by molar-refractivity contribution is -0.0301. The van der Waals surface area contributed by atoms with Gasteiger partial charge in [-0.3, -0.25) is 9.69 Å². The van der Waals surface area contributed by atoms with Crippen LogP contribution in [0.2, 0.25) is 0 Å². The second kappa shape index (κ2) is 10.8. The molecule has 1 saturated heterocycles. The van der Waals surface area contributed by atoms with Crippen molar-refractivity contribution < 1.29 is 23.7 Å². The van der Waals surface area contributed by atoms with E-state index in [4.69, 9.17) is 18.9 Å². The zero-order valence-corrected chi connectivity index (χ0v) is 17.8. The van der Waals surface area contributed by atoms with Crippen LogP contribution in [0.3, 0.4) is 0 Å². The summed E-state index contributed by atoms with van der Waals surface area (Å²) in [5.41, 5.74) is 1.68. The number of carbonyl (C=O) groups is 1. The Balaban J connectivity index is 1.49. The average molecular weight is 415 g/mol. The van der Waals surface area contributed by atoms with Crippen LogP contribution in [-0.2, 0) is 4.74 Å². The van der Waals surface area contributed by atoms with E-state index in [1.807, 2.05) is 18.2 Å². The highest BCUT2D eigenvalue weighted by molar-refractivity contribution is 5.95. The van der Waals surface area contributed by atoms with E-state index in [2.05, 4.69) is 22.3 Å². The monoisotopic (exact) mass is 414 g/mol. The Morgan fingerprint density at radius 3 is 2.43 bits per heavy atom. The number of morpholine rings is 1. The molecule has 30 heavy (non-hydrogen) atoms. The molecule has 2 aromatic rings. The Morgan fingerprint density at radius 2 is 1.80 bits per heavy atom. The van der Waals surface area contributed by atoms with E-state index < -0.39 is 0 Å². The highest BCUT2D eigenvalue weighted by Gasteiger charge is 2.21. The summed E-state index contributed by atoms with van der Waals surface area (Å²) < 4.78 is 21.9. The molecule has 0 saturated carbocycles. The molecule has 1 aliphatic heterocycles. The molecule has 2 aromatic carbocycles. The first-order valence-electron chi connectivity index (χ1n) is 10.1. The lowest BCUT2D eigenvalue weighted by Gasteiger charge is -2.33. The summed E-state index contributed by atoms with van der Waals surface area (Å²) in [6.07, 6.45) is 0.964. The second-order valence-corrected chi connectivity index (χ2v) is 7.09. The van der Waals surface area contributed by atoms with E-state index in [0.717, 1.165) is 32.7 Å². The summed E-state index contributed by atoms with van der Waals surface area (Å²) >= 11 is 0. The minimum Gasteiger partial charge on any atom is -0.493 e. The molecule has 7 nitrogen and oxygen atoms in total. The van der Waals surface area contributed by atoms with Crippen molar-refractivity contribution in [2.45, 2.75) is 12.5 Å². The summed E-state index contributed by atoms with van der Waals surface area (Å²) in [6, 6.07) is 13.6. The van der Waals surface area contributed by atoms with Gasteiger partial charge in [-0.05, 0) is 24.1 Å². The molecule has 1 aliphatic rings. The number of nitrogens with zero attached hydrogens (tertiary/aromatic N) is 1. The van der Waals surface area contributed by atoms with Gasteiger partial charge in [-0.25, -0.2) is 0 Å². The Hall–Kier alpha value is -2.77. The Bertz CT molecular complexity index is 803. The van der Waals surface area contributed by atoms with Crippen LogP contribution in [-0.4, -0.2) is 64.9 Å². The van der Waals surface area contributed by atoms with Crippen LogP contribution in [0.15, 0.2) is 42.5 Å². The summed E-state index contributed by atoms with van der Waals surface area (Å²) in [5.74, 6) is 1.22. The quantitative estimate of drug-likeness (QED) is 0.637. The fraction of sp³-hybridized carbons (Fsp3) is 0.435. The molecular formula is C23H30N2O5. The lowest BCUT2D eigenvalue weighted by Crippen LogP contribution is -2.39. The highest BCUT2D eigenvalue weighted by Crippen LogP contribution is 2.38. The summed E-state index contributed by atoms with van der Waals surface area (Å²) in [7, 11) is 4.60. The maximum atomic E-state index is 12.6. The van der Waals surface area contributed by atoms with Crippen molar-refractivity contribution in [2.75, 3.05) is 54.1 Å². The van der Waals surface area contributed by atoms with E-state index in [1.165, 1.54) is 26.9 Å². The first kappa shape index (κ1) is 21.9. The van der Waals surface area contributed by atoms with Crippen molar-refractivity contribution >= 4 is 5.91 Å². The van der Waals surface area contributed by atoms with Gasteiger partial charge < -0.3 is 24.3 Å². The van der Waals surface area contributed by atoms with Crippen molar-refractivity contribution in [3.05, 3.63) is 53.6 Å². The second-order valence-electron chi connectivity index (χ2n) is 7.09. The molecule has 1 unspecified atom stereocenters. The Kier molecular flexibility index (Phi) is 7.93. The minimum absolute atomic E-state index is 0.105. The maximum absolute atomic E-state index is 12.6. The predicted molar refractivity (Wildman–Crippen MR) is 115 cm³/mol. The number of nitrogens with one attached hydrogen (secondary N) is 1. The maximum Gasteiger partial charge on any atom is 0.251 e. The van der Waals surface area contributed by atoms with E-state index >= 15 is 0 Å². The lowest BCUT2D eigenvalue weighted by atomic mass is 10.1. The third kappa shape index (κ3) is 5.43. The van der Waals surface area contributed by atoms with E-state index in [9.17, 15) is 4.79 Å². The topological polar surface area (TPSA) is 69.3 Å². The van der Waals surface area contributed by atoms with Crippen molar-refractivity contribution in [3.63, 3.8) is 0 Å². The van der Waals surface area contributed by atoms with Crippen LogP contribution in [0, 0.1) is 0 Å². The number of hydrogen-bond donors (Lipinski definition) is 1. The standard InChI is InChI=1S/C23H30N2O5/c1-27-19-14-18(15-20(28-2)22(19)29-3)23(26)24-10-7-11-25-12-13-30-21(16-25)17-8-5-4-6-9-17/h4-6,8-9,14-15,21H,7,10-13,16H2,1-3H3,(H,24,26). The van der Waals surface area contributed by atoms with Crippen molar-refractivity contribution in [1.82, 2.24) is 10.2 Å². The summed E-state index contributed by atoms with van der Waals surface area (Å²) in [4.78, 5) is 15.0. The molecule has 7 heteroatoms. The SMILES string of the molecule is COc1cc(C(=O)NCCCN2CCOC(c3ccccc3)C2)cc(OC)c1OC. The van der Waals surface area contributed by atoms with E-state index in [0.29, 0.717) is 29.4 Å². The Morgan fingerprint density at radius 1 is 1.10 bits per heavy atom. The summed E-state index contributed by atoms with van der Waals surface area (Å²) in [6.45, 7) is 3.98. The molecule has 1 amide bonds. The molecule has 0 spiro atoms. The first-order valence-corrected chi connectivity index (χ1v) is 10.1. The number of methoxy groups -OCH3 is 3. The minimum atomic E-state index is -0.168. The molecule has 162 valence electrons.